The molecule has 3 aromatic heterocycles. The maximum atomic E-state index is 14.2. The fraction of sp³-hybridized carbons (Fsp3) is 0.375. The predicted octanol–water partition coefficient (Wildman–Crippen LogP) is 4.51. The molecule has 7 nitrogen and oxygen atoms in total. The summed E-state index contributed by atoms with van der Waals surface area (Å²) in [6.45, 7) is 4.18. The van der Waals surface area contributed by atoms with E-state index in [1.807, 2.05) is 0 Å². The number of hydrogen-bond donors (Lipinski definition) is 1. The molecule has 1 saturated heterocycles. The van der Waals surface area contributed by atoms with Gasteiger partial charge in [-0.15, -0.1) is 10.2 Å². The number of nitrogens with zero attached hydrogens (tertiary/aromatic N) is 5. The summed E-state index contributed by atoms with van der Waals surface area (Å²) in [6.07, 6.45) is -2.62. The second kappa shape index (κ2) is 8.42. The molecule has 0 spiro atoms. The van der Waals surface area contributed by atoms with Crippen LogP contribution in [0.3, 0.4) is 0 Å². The summed E-state index contributed by atoms with van der Waals surface area (Å²) in [5.74, 6) is -0.152. The highest BCUT2D eigenvalue weighted by atomic mass is 19.4. The van der Waals surface area contributed by atoms with Crippen LogP contribution in [0.25, 0.3) is 28.1 Å². The number of rotatable bonds is 5. The average molecular weight is 488 g/mol. The maximum Gasteiger partial charge on any atom is 0.408 e. The Morgan fingerprint density at radius 3 is 2.66 bits per heavy atom. The number of alkyl halides is 3. The Labute approximate surface area is 198 Å². The molecule has 1 aliphatic heterocycles. The molecule has 4 aromatic rings. The lowest BCUT2D eigenvalue weighted by atomic mass is 10.0. The summed E-state index contributed by atoms with van der Waals surface area (Å²) < 4.78 is 63.6. The molecule has 0 amide bonds. The zero-order valence-corrected chi connectivity index (χ0v) is 19.2. The minimum Gasteiger partial charge on any atom is -0.491 e. The standard InChI is InChI=1S/C24H24F4N6O/c1-3-35-19-11-18-14(10-16(19)25)4-6-17(30-18)22-32-31-20-7-5-15(12-34(20)22)21(24(26,27)28)33-9-8-23(2,29)13-33/h4-7,10-12,21H,3,8-9,13,29H2,1-2H3/t21-,23?/m1/s1. The van der Waals surface area contributed by atoms with E-state index in [0.717, 1.165) is 0 Å². The van der Waals surface area contributed by atoms with Gasteiger partial charge in [0.1, 0.15) is 11.7 Å². The fourth-order valence-corrected chi connectivity index (χ4v) is 4.61. The van der Waals surface area contributed by atoms with Crippen LogP contribution in [0.2, 0.25) is 0 Å². The maximum absolute atomic E-state index is 14.2. The summed E-state index contributed by atoms with van der Waals surface area (Å²) in [4.78, 5) is 5.92. The van der Waals surface area contributed by atoms with Crippen LogP contribution in [0, 0.1) is 5.82 Å². The van der Waals surface area contributed by atoms with Gasteiger partial charge in [-0.1, -0.05) is 12.1 Å². The highest BCUT2D eigenvalue weighted by Gasteiger charge is 2.48. The van der Waals surface area contributed by atoms with Crippen molar-refractivity contribution in [1.82, 2.24) is 24.5 Å². The highest BCUT2D eigenvalue weighted by molar-refractivity contribution is 5.82. The van der Waals surface area contributed by atoms with Gasteiger partial charge in [-0.05, 0) is 44.0 Å². The molecule has 0 aliphatic carbocycles. The van der Waals surface area contributed by atoms with Crippen molar-refractivity contribution in [3.63, 3.8) is 0 Å². The number of aromatic nitrogens is 4. The Morgan fingerprint density at radius 2 is 1.97 bits per heavy atom. The van der Waals surface area contributed by atoms with Crippen molar-refractivity contribution in [1.29, 1.82) is 0 Å². The van der Waals surface area contributed by atoms with Crippen LogP contribution in [-0.4, -0.2) is 55.9 Å². The summed E-state index contributed by atoms with van der Waals surface area (Å²) in [7, 11) is 0. The molecule has 0 radical (unpaired) electrons. The number of benzene rings is 1. The first-order valence-electron chi connectivity index (χ1n) is 11.2. The molecule has 1 fully saturated rings. The second-order valence-electron chi connectivity index (χ2n) is 9.14. The van der Waals surface area contributed by atoms with Crippen LogP contribution in [0.5, 0.6) is 5.75 Å². The number of pyridine rings is 2. The normalized spacial score (nSPS) is 20.1. The molecule has 184 valence electrons. The Kier molecular flexibility index (Phi) is 5.64. The van der Waals surface area contributed by atoms with Gasteiger partial charge >= 0.3 is 6.18 Å². The largest absolute Gasteiger partial charge is 0.491 e. The SMILES string of the molecule is CCOc1cc2nc(-c3nnc4ccc([C@@H](N5CCC(C)(N)C5)C(F)(F)F)cn34)ccc2cc1F. The van der Waals surface area contributed by atoms with Gasteiger partial charge in [-0.3, -0.25) is 9.30 Å². The van der Waals surface area contributed by atoms with Gasteiger partial charge in [0.15, 0.2) is 23.0 Å². The molecule has 1 aliphatic rings. The summed E-state index contributed by atoms with van der Waals surface area (Å²) in [5.41, 5.74) is 6.73. The van der Waals surface area contributed by atoms with Crippen LogP contribution in [-0.2, 0) is 0 Å². The topological polar surface area (TPSA) is 81.6 Å². The van der Waals surface area contributed by atoms with Gasteiger partial charge < -0.3 is 10.5 Å². The number of halogens is 4. The smallest absolute Gasteiger partial charge is 0.408 e. The number of hydrogen-bond acceptors (Lipinski definition) is 6. The minimum absolute atomic E-state index is 0.0604. The van der Waals surface area contributed by atoms with E-state index in [1.165, 1.54) is 39.8 Å². The molecule has 1 unspecified atom stereocenters. The molecule has 5 rings (SSSR count). The van der Waals surface area contributed by atoms with E-state index >= 15 is 0 Å². The third-order valence-electron chi connectivity index (χ3n) is 6.22. The lowest BCUT2D eigenvalue weighted by molar-refractivity contribution is -0.184. The van der Waals surface area contributed by atoms with Gasteiger partial charge in [0.25, 0.3) is 0 Å². The predicted molar refractivity (Wildman–Crippen MR) is 122 cm³/mol. The number of nitrogens with two attached hydrogens (primary N) is 1. The molecule has 2 N–H and O–H groups in total. The Balaban J connectivity index is 1.58. The third kappa shape index (κ3) is 4.41. The second-order valence-corrected chi connectivity index (χ2v) is 9.14. The van der Waals surface area contributed by atoms with E-state index in [4.69, 9.17) is 10.5 Å². The van der Waals surface area contributed by atoms with E-state index in [1.54, 1.807) is 26.0 Å². The first-order valence-corrected chi connectivity index (χ1v) is 11.2. The van der Waals surface area contributed by atoms with Gasteiger partial charge in [-0.25, -0.2) is 9.37 Å². The zero-order chi connectivity index (χ0) is 25.0. The lowest BCUT2D eigenvalue weighted by Crippen LogP contribution is -2.43. The molecule has 0 bridgehead atoms. The minimum atomic E-state index is -4.50. The summed E-state index contributed by atoms with van der Waals surface area (Å²) in [6, 6.07) is 7.23. The van der Waals surface area contributed by atoms with Crippen LogP contribution in [0.15, 0.2) is 42.6 Å². The van der Waals surface area contributed by atoms with Crippen LogP contribution < -0.4 is 10.5 Å². The fourth-order valence-electron chi connectivity index (χ4n) is 4.61. The first kappa shape index (κ1) is 23.4. The lowest BCUT2D eigenvalue weighted by Gasteiger charge is -2.31. The molecule has 0 saturated carbocycles. The van der Waals surface area contributed by atoms with Crippen LogP contribution in [0.1, 0.15) is 31.9 Å². The van der Waals surface area contributed by atoms with E-state index in [-0.39, 0.29) is 30.2 Å². The number of ether oxygens (including phenoxy) is 1. The quantitative estimate of drug-likeness (QED) is 0.417. The van der Waals surface area contributed by atoms with Crippen molar-refractivity contribution in [2.45, 2.75) is 38.0 Å². The van der Waals surface area contributed by atoms with E-state index in [9.17, 15) is 17.6 Å². The molecule has 35 heavy (non-hydrogen) atoms. The monoisotopic (exact) mass is 488 g/mol. The first-order chi connectivity index (χ1) is 16.6. The zero-order valence-electron chi connectivity index (χ0n) is 19.2. The summed E-state index contributed by atoms with van der Waals surface area (Å²) >= 11 is 0. The van der Waals surface area contributed by atoms with Crippen molar-refractivity contribution in [2.24, 2.45) is 5.73 Å². The van der Waals surface area contributed by atoms with Crippen molar-refractivity contribution in [3.05, 3.63) is 54.0 Å². The van der Waals surface area contributed by atoms with Gasteiger partial charge in [0.2, 0.25) is 0 Å². The van der Waals surface area contributed by atoms with E-state index in [0.29, 0.717) is 35.3 Å². The Hall–Kier alpha value is -3.31. The van der Waals surface area contributed by atoms with Crippen molar-refractivity contribution in [2.75, 3.05) is 19.7 Å². The van der Waals surface area contributed by atoms with Gasteiger partial charge in [0.05, 0.1) is 12.1 Å². The number of fused-ring (bicyclic) bond motifs is 2. The number of likely N-dealkylation sites (tertiary alicyclic amines) is 1. The molecule has 4 heterocycles. The molecule has 1 aromatic carbocycles. The molecule has 2 atom stereocenters. The Bertz CT molecular complexity index is 1400. The average Bonchev–Trinajstić information content (AvgIpc) is 3.36. The molecular weight excluding hydrogens is 464 g/mol. The Morgan fingerprint density at radius 1 is 1.17 bits per heavy atom. The molecular formula is C24H24F4N6O. The third-order valence-corrected chi connectivity index (χ3v) is 6.22. The van der Waals surface area contributed by atoms with Crippen LogP contribution >= 0.6 is 0 Å². The van der Waals surface area contributed by atoms with E-state index in [2.05, 4.69) is 15.2 Å². The van der Waals surface area contributed by atoms with Crippen molar-refractivity contribution in [3.8, 4) is 17.3 Å². The summed E-state index contributed by atoms with van der Waals surface area (Å²) in [5, 5.41) is 8.81. The van der Waals surface area contributed by atoms with Crippen molar-refractivity contribution >= 4 is 16.6 Å². The van der Waals surface area contributed by atoms with Crippen LogP contribution in [0.4, 0.5) is 17.6 Å². The van der Waals surface area contributed by atoms with Gasteiger partial charge in [-0.2, -0.15) is 13.2 Å². The van der Waals surface area contributed by atoms with Crippen molar-refractivity contribution < 1.29 is 22.3 Å². The highest BCUT2D eigenvalue weighted by Crippen LogP contribution is 2.41. The van der Waals surface area contributed by atoms with E-state index < -0.39 is 23.6 Å². The molecule has 11 heteroatoms. The van der Waals surface area contributed by atoms with Gasteiger partial charge in [0, 0.05) is 36.3 Å².